The SMILES string of the molecule is [PH3+]OC(c1ccccc1)(c1ccccc1)[C@H]1C[C@@H]2C[C@H]1[C@H]1[C@@H]2CC[C@@H]1C(O[PH3+])(c1ccccc1)c1ccccc1. The summed E-state index contributed by atoms with van der Waals surface area (Å²) in [4.78, 5) is 0. The van der Waals surface area contributed by atoms with Crippen molar-refractivity contribution in [2.45, 2.75) is 36.9 Å². The van der Waals surface area contributed by atoms with Gasteiger partial charge in [0.25, 0.3) is 0 Å². The third-order valence-corrected chi connectivity index (χ3v) is 11.7. The molecule has 0 heterocycles. The lowest BCUT2D eigenvalue weighted by Gasteiger charge is -2.47. The highest BCUT2D eigenvalue weighted by Crippen LogP contribution is 2.70. The minimum absolute atomic E-state index is 0.418. The van der Waals surface area contributed by atoms with Gasteiger partial charge in [0.2, 0.25) is 0 Å². The molecule has 4 aromatic rings. The first-order chi connectivity index (χ1) is 19.7. The van der Waals surface area contributed by atoms with Gasteiger partial charge in [0.05, 0.1) is 0 Å². The fourth-order valence-corrected chi connectivity index (χ4v) is 10.6. The van der Waals surface area contributed by atoms with E-state index in [2.05, 4.69) is 121 Å². The molecule has 0 aromatic heterocycles. The average molecular weight is 567 g/mol. The Bertz CT molecular complexity index is 1330. The lowest BCUT2D eigenvalue weighted by Crippen LogP contribution is -2.47. The van der Waals surface area contributed by atoms with E-state index >= 15 is 0 Å². The largest absolute Gasteiger partial charge is 0.230 e. The molecule has 3 aliphatic rings. The fourth-order valence-electron chi connectivity index (χ4n) is 9.53. The summed E-state index contributed by atoms with van der Waals surface area (Å²) in [6.45, 7) is 0. The molecular formula is C36H40O2P2+2. The van der Waals surface area contributed by atoms with Crippen molar-refractivity contribution >= 4 is 18.9 Å². The number of fused-ring (bicyclic) bond motifs is 5. The van der Waals surface area contributed by atoms with Crippen LogP contribution in [0.3, 0.4) is 0 Å². The van der Waals surface area contributed by atoms with Gasteiger partial charge in [0.1, 0.15) is 18.9 Å². The minimum Gasteiger partial charge on any atom is -0.230 e. The summed E-state index contributed by atoms with van der Waals surface area (Å²) in [5.41, 5.74) is 4.23. The smallest absolute Gasteiger partial charge is 0.164 e. The molecular weight excluding hydrogens is 526 g/mol. The second-order valence-electron chi connectivity index (χ2n) is 12.2. The van der Waals surface area contributed by atoms with E-state index in [-0.39, 0.29) is 0 Å². The van der Waals surface area contributed by atoms with Crippen molar-refractivity contribution in [1.29, 1.82) is 0 Å². The molecule has 204 valence electrons. The Balaban J connectivity index is 1.37. The lowest BCUT2D eigenvalue weighted by atomic mass is 9.60. The molecule has 3 aliphatic carbocycles. The van der Waals surface area contributed by atoms with E-state index < -0.39 is 11.2 Å². The van der Waals surface area contributed by atoms with Gasteiger partial charge in [-0.3, -0.25) is 0 Å². The van der Waals surface area contributed by atoms with Crippen LogP contribution in [0.25, 0.3) is 0 Å². The zero-order valence-electron chi connectivity index (χ0n) is 23.1. The van der Waals surface area contributed by atoms with Gasteiger partial charge in [-0.1, -0.05) is 121 Å². The van der Waals surface area contributed by atoms with Crippen LogP contribution in [0, 0.1) is 35.5 Å². The van der Waals surface area contributed by atoms with E-state index in [0.717, 1.165) is 11.8 Å². The molecule has 40 heavy (non-hydrogen) atoms. The normalized spacial score (nSPS) is 27.7. The van der Waals surface area contributed by atoms with Crippen molar-refractivity contribution in [3.63, 3.8) is 0 Å². The molecule has 0 spiro atoms. The van der Waals surface area contributed by atoms with E-state index in [1.807, 2.05) is 0 Å². The highest BCUT2D eigenvalue weighted by Gasteiger charge is 2.66. The standard InChI is InChI=1S/C36H40O2P2/c39-37-35(26-13-5-1-6-14-26,27-15-7-2-8-16-27)32-22-21-30-25-23-31(34(30)32)33(24-25)36(38-40,28-17-9-3-10-18-28)29-19-11-4-12-20-29/h1-20,25,30-34H,21-24H2,39-40H3/q+2/t25-,30+,31+,32-,33-,34+/m0/s1. The molecule has 4 aromatic carbocycles. The van der Waals surface area contributed by atoms with Crippen molar-refractivity contribution in [1.82, 2.24) is 0 Å². The summed E-state index contributed by atoms with van der Waals surface area (Å²) in [5.74, 6) is 3.53. The van der Waals surface area contributed by atoms with Crippen LogP contribution in [0.15, 0.2) is 121 Å². The topological polar surface area (TPSA) is 18.5 Å². The molecule has 0 saturated heterocycles. The predicted molar refractivity (Wildman–Crippen MR) is 171 cm³/mol. The first-order valence-electron chi connectivity index (χ1n) is 14.8. The van der Waals surface area contributed by atoms with Gasteiger partial charge in [-0.15, -0.1) is 0 Å². The zero-order valence-corrected chi connectivity index (χ0v) is 25.9. The van der Waals surface area contributed by atoms with Crippen molar-refractivity contribution in [3.8, 4) is 0 Å². The lowest BCUT2D eigenvalue weighted by molar-refractivity contribution is -0.0335. The van der Waals surface area contributed by atoms with Gasteiger partial charge in [-0.25, -0.2) is 9.05 Å². The van der Waals surface area contributed by atoms with E-state index in [4.69, 9.17) is 9.05 Å². The molecule has 2 bridgehead atoms. The van der Waals surface area contributed by atoms with Crippen LogP contribution in [0.4, 0.5) is 0 Å². The van der Waals surface area contributed by atoms with Gasteiger partial charge in [-0.2, -0.15) is 0 Å². The van der Waals surface area contributed by atoms with Crippen LogP contribution in [-0.2, 0) is 20.2 Å². The van der Waals surface area contributed by atoms with Crippen LogP contribution in [0.1, 0.15) is 47.9 Å². The highest BCUT2D eigenvalue weighted by molar-refractivity contribution is 7.10. The van der Waals surface area contributed by atoms with Crippen molar-refractivity contribution in [2.75, 3.05) is 0 Å². The van der Waals surface area contributed by atoms with Crippen LogP contribution in [-0.4, -0.2) is 0 Å². The van der Waals surface area contributed by atoms with Crippen LogP contribution < -0.4 is 0 Å². The third-order valence-electron chi connectivity index (χ3n) is 10.8. The monoisotopic (exact) mass is 566 g/mol. The first kappa shape index (κ1) is 26.6. The Hall–Kier alpha value is -2.34. The third kappa shape index (κ3) is 3.91. The van der Waals surface area contributed by atoms with Crippen molar-refractivity contribution < 1.29 is 9.05 Å². The summed E-state index contributed by atoms with van der Waals surface area (Å²) in [6, 6.07) is 44.1. The fraction of sp³-hybridized carbons (Fsp3) is 0.333. The quantitative estimate of drug-likeness (QED) is 0.200. The Morgan fingerprint density at radius 3 is 1.27 bits per heavy atom. The molecule has 2 unspecified atom stereocenters. The summed E-state index contributed by atoms with van der Waals surface area (Å²) in [5, 5.41) is 0. The maximum atomic E-state index is 6.82. The van der Waals surface area contributed by atoms with Crippen molar-refractivity contribution in [2.24, 2.45) is 35.5 Å². The average Bonchev–Trinajstić information content (AvgIpc) is 3.75. The van der Waals surface area contributed by atoms with E-state index in [1.54, 1.807) is 18.9 Å². The van der Waals surface area contributed by atoms with Gasteiger partial charge >= 0.3 is 0 Å². The second kappa shape index (κ2) is 10.8. The number of rotatable bonds is 8. The molecule has 4 heteroatoms. The van der Waals surface area contributed by atoms with E-state index in [1.165, 1.54) is 47.9 Å². The molecule has 0 N–H and O–H groups in total. The number of hydrogen-bond donors (Lipinski definition) is 0. The van der Waals surface area contributed by atoms with Gasteiger partial charge in [0.15, 0.2) is 11.2 Å². The molecule has 2 nitrogen and oxygen atoms in total. The summed E-state index contributed by atoms with van der Waals surface area (Å²) in [7, 11) is 3.37. The van der Waals surface area contributed by atoms with E-state index in [0.29, 0.717) is 23.7 Å². The Labute approximate surface area is 243 Å². The van der Waals surface area contributed by atoms with Crippen LogP contribution in [0.2, 0.25) is 0 Å². The molecule has 0 amide bonds. The van der Waals surface area contributed by atoms with Crippen LogP contribution in [0.5, 0.6) is 0 Å². The summed E-state index contributed by atoms with van der Waals surface area (Å²) in [6.07, 6.45) is 5.04. The molecule has 3 fully saturated rings. The van der Waals surface area contributed by atoms with Gasteiger partial charge in [-0.05, 0) is 71.6 Å². The minimum atomic E-state index is -0.452. The molecule has 8 atom stereocenters. The van der Waals surface area contributed by atoms with Crippen LogP contribution >= 0.6 is 18.9 Å². The zero-order chi connectivity index (χ0) is 27.2. The Kier molecular flexibility index (Phi) is 7.18. The molecule has 0 aliphatic heterocycles. The van der Waals surface area contributed by atoms with Crippen molar-refractivity contribution in [3.05, 3.63) is 144 Å². The Morgan fingerprint density at radius 1 is 0.475 bits per heavy atom. The summed E-state index contributed by atoms with van der Waals surface area (Å²) >= 11 is 0. The maximum absolute atomic E-state index is 6.82. The van der Waals surface area contributed by atoms with Gasteiger partial charge in [0, 0.05) is 11.8 Å². The maximum Gasteiger partial charge on any atom is 0.164 e. The molecule has 3 saturated carbocycles. The predicted octanol–water partition coefficient (Wildman–Crippen LogP) is 8.25. The first-order valence-corrected chi connectivity index (χ1v) is 16.0. The highest BCUT2D eigenvalue weighted by atomic mass is 31.0. The van der Waals surface area contributed by atoms with E-state index in [9.17, 15) is 0 Å². The molecule has 0 radical (unpaired) electrons. The second-order valence-corrected chi connectivity index (χ2v) is 12.7. The van der Waals surface area contributed by atoms with Gasteiger partial charge < -0.3 is 0 Å². The number of benzene rings is 4. The molecule has 7 rings (SSSR count). The Morgan fingerprint density at radius 2 is 0.875 bits per heavy atom. The summed E-state index contributed by atoms with van der Waals surface area (Å²) < 4.78 is 13.6. The number of hydrogen-bond acceptors (Lipinski definition) is 2.